The van der Waals surface area contributed by atoms with Crippen molar-refractivity contribution in [3.8, 4) is 5.88 Å². The Kier molecular flexibility index (Phi) is 3.98. The number of hydrogen-bond donors (Lipinski definition) is 0. The van der Waals surface area contributed by atoms with Crippen LogP contribution in [0.2, 0.25) is 0 Å². The molecule has 0 saturated carbocycles. The number of aryl methyl sites for hydroxylation is 1. The van der Waals surface area contributed by atoms with Gasteiger partial charge in [-0.15, -0.1) is 15.3 Å². The van der Waals surface area contributed by atoms with Crippen molar-refractivity contribution in [2.75, 3.05) is 24.6 Å². The van der Waals surface area contributed by atoms with Crippen molar-refractivity contribution >= 4 is 11.5 Å². The van der Waals surface area contributed by atoms with Crippen molar-refractivity contribution in [2.45, 2.75) is 19.8 Å². The number of piperidine rings is 1. The van der Waals surface area contributed by atoms with Crippen LogP contribution in [0.1, 0.15) is 18.7 Å². The van der Waals surface area contributed by atoms with Crippen LogP contribution < -0.4 is 9.64 Å². The second-order valence-corrected chi connectivity index (χ2v) is 6.12. The number of hydrogen-bond acceptors (Lipinski definition) is 6. The van der Waals surface area contributed by atoms with Crippen LogP contribution in [0.3, 0.4) is 0 Å². The number of fused-ring (bicyclic) bond motifs is 1. The zero-order chi connectivity index (χ0) is 16.4. The molecule has 3 aromatic rings. The van der Waals surface area contributed by atoms with E-state index in [2.05, 4.69) is 25.2 Å². The van der Waals surface area contributed by atoms with E-state index in [4.69, 9.17) is 4.74 Å². The fourth-order valence-corrected chi connectivity index (χ4v) is 3.02. The molecule has 1 saturated heterocycles. The van der Waals surface area contributed by atoms with Crippen molar-refractivity contribution < 1.29 is 4.74 Å². The van der Waals surface area contributed by atoms with E-state index >= 15 is 0 Å². The number of ether oxygens (including phenoxy) is 1. The maximum atomic E-state index is 5.78. The molecule has 0 atom stereocenters. The van der Waals surface area contributed by atoms with Crippen LogP contribution in [0, 0.1) is 12.8 Å². The highest BCUT2D eigenvalue weighted by Crippen LogP contribution is 2.22. The molecule has 1 aliphatic heterocycles. The molecule has 4 rings (SSSR count). The maximum absolute atomic E-state index is 5.78. The fraction of sp³-hybridized carbons (Fsp3) is 0.412. The Balaban J connectivity index is 1.35. The molecule has 0 bridgehead atoms. The van der Waals surface area contributed by atoms with Gasteiger partial charge in [0, 0.05) is 25.4 Å². The van der Waals surface area contributed by atoms with Crippen LogP contribution in [0.25, 0.3) is 5.65 Å². The average Bonchev–Trinajstić information content (AvgIpc) is 3.02. The van der Waals surface area contributed by atoms with Gasteiger partial charge in [-0.1, -0.05) is 6.07 Å². The number of rotatable bonds is 4. The molecule has 0 radical (unpaired) electrons. The van der Waals surface area contributed by atoms with Gasteiger partial charge in [-0.05, 0) is 43.9 Å². The monoisotopic (exact) mass is 324 g/mol. The minimum absolute atomic E-state index is 0.559. The average molecular weight is 324 g/mol. The largest absolute Gasteiger partial charge is 0.477 e. The van der Waals surface area contributed by atoms with Crippen molar-refractivity contribution in [1.82, 2.24) is 24.8 Å². The first kappa shape index (κ1) is 14.9. The molecule has 0 aromatic carbocycles. The molecule has 0 unspecified atom stereocenters. The molecule has 124 valence electrons. The molecular formula is C17H20N6O. The minimum Gasteiger partial charge on any atom is -0.477 e. The van der Waals surface area contributed by atoms with Gasteiger partial charge in [0.2, 0.25) is 5.88 Å². The molecule has 0 amide bonds. The van der Waals surface area contributed by atoms with Crippen LogP contribution in [0.5, 0.6) is 5.88 Å². The number of aromatic nitrogens is 5. The lowest BCUT2D eigenvalue weighted by molar-refractivity contribution is 0.216. The Morgan fingerprint density at radius 3 is 2.79 bits per heavy atom. The van der Waals surface area contributed by atoms with Gasteiger partial charge >= 0.3 is 0 Å². The molecule has 3 aromatic heterocycles. The summed E-state index contributed by atoms with van der Waals surface area (Å²) in [4.78, 5) is 6.52. The smallest absolute Gasteiger partial charge is 0.213 e. The van der Waals surface area contributed by atoms with Gasteiger partial charge in [-0.2, -0.15) is 4.52 Å². The van der Waals surface area contributed by atoms with Gasteiger partial charge in [-0.25, -0.2) is 4.98 Å². The summed E-state index contributed by atoms with van der Waals surface area (Å²) in [5.74, 6) is 3.05. The Labute approximate surface area is 140 Å². The van der Waals surface area contributed by atoms with Crippen LogP contribution >= 0.6 is 0 Å². The Bertz CT molecular complexity index is 810. The summed E-state index contributed by atoms with van der Waals surface area (Å²) in [7, 11) is 0. The zero-order valence-electron chi connectivity index (χ0n) is 13.7. The van der Waals surface area contributed by atoms with Gasteiger partial charge in [0.25, 0.3) is 0 Å². The highest BCUT2D eigenvalue weighted by atomic mass is 16.5. The molecule has 4 heterocycles. The summed E-state index contributed by atoms with van der Waals surface area (Å²) < 4.78 is 7.58. The summed E-state index contributed by atoms with van der Waals surface area (Å²) >= 11 is 0. The Hall–Kier alpha value is -2.70. The summed E-state index contributed by atoms with van der Waals surface area (Å²) in [6.45, 7) is 4.60. The Morgan fingerprint density at radius 1 is 1.12 bits per heavy atom. The van der Waals surface area contributed by atoms with E-state index in [0.29, 0.717) is 11.8 Å². The summed E-state index contributed by atoms with van der Waals surface area (Å²) in [5.41, 5.74) is 0.787. The van der Waals surface area contributed by atoms with Crippen molar-refractivity contribution in [3.05, 3.63) is 42.4 Å². The lowest BCUT2D eigenvalue weighted by Gasteiger charge is -2.32. The van der Waals surface area contributed by atoms with E-state index in [9.17, 15) is 0 Å². The molecule has 7 heteroatoms. The molecule has 0 spiro atoms. The van der Waals surface area contributed by atoms with Gasteiger partial charge in [0.05, 0.1) is 6.61 Å². The predicted octanol–water partition coefficient (Wildman–Crippen LogP) is 2.12. The van der Waals surface area contributed by atoms with Crippen molar-refractivity contribution in [3.63, 3.8) is 0 Å². The first-order valence-corrected chi connectivity index (χ1v) is 8.27. The molecular weight excluding hydrogens is 304 g/mol. The number of nitrogens with zero attached hydrogens (tertiary/aromatic N) is 6. The Morgan fingerprint density at radius 2 is 2.00 bits per heavy atom. The quantitative estimate of drug-likeness (QED) is 0.732. The molecule has 0 aliphatic carbocycles. The highest BCUT2D eigenvalue weighted by Gasteiger charge is 2.21. The van der Waals surface area contributed by atoms with Gasteiger partial charge < -0.3 is 9.64 Å². The van der Waals surface area contributed by atoms with E-state index in [-0.39, 0.29) is 0 Å². The third-order valence-corrected chi connectivity index (χ3v) is 4.45. The third kappa shape index (κ3) is 3.02. The van der Waals surface area contributed by atoms with Gasteiger partial charge in [0.15, 0.2) is 11.5 Å². The van der Waals surface area contributed by atoms with E-state index in [1.54, 1.807) is 10.7 Å². The van der Waals surface area contributed by atoms with E-state index in [0.717, 1.165) is 49.8 Å². The minimum atomic E-state index is 0.559. The molecule has 0 N–H and O–H groups in total. The molecule has 1 aliphatic rings. The first-order chi connectivity index (χ1) is 11.8. The van der Waals surface area contributed by atoms with E-state index < -0.39 is 0 Å². The lowest BCUT2D eigenvalue weighted by atomic mass is 9.98. The molecule has 24 heavy (non-hydrogen) atoms. The van der Waals surface area contributed by atoms with Crippen LogP contribution in [-0.4, -0.2) is 44.5 Å². The second kappa shape index (κ2) is 6.43. The SMILES string of the molecule is Cc1nnc2ccc(N3CCC(COc4ccccn4)CC3)nn12. The van der Waals surface area contributed by atoms with Crippen molar-refractivity contribution in [1.29, 1.82) is 0 Å². The predicted molar refractivity (Wildman–Crippen MR) is 90.2 cm³/mol. The highest BCUT2D eigenvalue weighted by molar-refractivity contribution is 5.45. The van der Waals surface area contributed by atoms with Crippen molar-refractivity contribution in [2.24, 2.45) is 5.92 Å². The van der Waals surface area contributed by atoms with Crippen LogP contribution in [0.4, 0.5) is 5.82 Å². The first-order valence-electron chi connectivity index (χ1n) is 8.27. The third-order valence-electron chi connectivity index (χ3n) is 4.45. The van der Waals surface area contributed by atoms with E-state index in [1.165, 1.54) is 0 Å². The fourth-order valence-electron chi connectivity index (χ4n) is 3.02. The van der Waals surface area contributed by atoms with Gasteiger partial charge in [-0.3, -0.25) is 0 Å². The van der Waals surface area contributed by atoms with Gasteiger partial charge in [0.1, 0.15) is 5.82 Å². The summed E-state index contributed by atoms with van der Waals surface area (Å²) in [5, 5.41) is 12.8. The molecule has 7 nitrogen and oxygen atoms in total. The second-order valence-electron chi connectivity index (χ2n) is 6.12. The maximum Gasteiger partial charge on any atom is 0.213 e. The number of pyridine rings is 1. The summed E-state index contributed by atoms with van der Waals surface area (Å²) in [6.07, 6.45) is 3.94. The standard InChI is InChI=1S/C17H20N6O/c1-13-19-20-15-5-6-16(21-23(13)15)22-10-7-14(8-11-22)12-24-17-4-2-3-9-18-17/h2-6,9,14H,7-8,10-12H2,1H3. The molecule has 1 fully saturated rings. The lowest BCUT2D eigenvalue weighted by Crippen LogP contribution is -2.36. The van der Waals surface area contributed by atoms with Crippen LogP contribution in [0.15, 0.2) is 36.5 Å². The number of anilines is 1. The van der Waals surface area contributed by atoms with Crippen LogP contribution in [-0.2, 0) is 0 Å². The normalized spacial score (nSPS) is 15.8. The summed E-state index contributed by atoms with van der Waals surface area (Å²) in [6, 6.07) is 9.73. The topological polar surface area (TPSA) is 68.4 Å². The zero-order valence-corrected chi connectivity index (χ0v) is 13.7. The van der Waals surface area contributed by atoms with E-state index in [1.807, 2.05) is 37.3 Å².